The minimum absolute atomic E-state index is 0.268. The van der Waals surface area contributed by atoms with Crippen LogP contribution in [0.1, 0.15) is 63.5 Å². The van der Waals surface area contributed by atoms with Crippen molar-refractivity contribution < 1.29 is 9.53 Å². The van der Waals surface area contributed by atoms with Crippen LogP contribution >= 0.6 is 0 Å². The van der Waals surface area contributed by atoms with Crippen molar-refractivity contribution in [1.29, 1.82) is 0 Å². The van der Waals surface area contributed by atoms with E-state index in [-0.39, 0.29) is 5.97 Å². The Labute approximate surface area is 122 Å². The van der Waals surface area contributed by atoms with Gasteiger partial charge in [-0.25, -0.2) is 4.79 Å². The zero-order valence-corrected chi connectivity index (χ0v) is 13.1. The summed E-state index contributed by atoms with van der Waals surface area (Å²) >= 11 is 0. The molecule has 0 saturated carbocycles. The minimum atomic E-state index is -0.268. The zero-order valence-electron chi connectivity index (χ0n) is 13.1. The Balaban J connectivity index is 3.09. The highest BCUT2D eigenvalue weighted by Gasteiger charge is 2.11. The van der Waals surface area contributed by atoms with Crippen LogP contribution < -0.4 is 0 Å². The third-order valence-electron chi connectivity index (χ3n) is 3.47. The molecule has 1 aromatic carbocycles. The summed E-state index contributed by atoms with van der Waals surface area (Å²) in [5, 5.41) is 0. The van der Waals surface area contributed by atoms with Crippen LogP contribution in [0.2, 0.25) is 0 Å². The molecule has 0 heterocycles. The standard InChI is InChI=1S/C18H26O2/c1-5-6-7-10-15(13-18(19)20-4)17-12-9-8-11-16(17)14(2)3/h8-9,11-14H,5-7,10H2,1-4H3/b15-13+. The van der Waals surface area contributed by atoms with Crippen molar-refractivity contribution in [2.24, 2.45) is 0 Å². The molecule has 1 aromatic rings. The quantitative estimate of drug-likeness (QED) is 0.399. The second-order valence-electron chi connectivity index (χ2n) is 5.39. The molecule has 2 heteroatoms. The first-order valence-corrected chi connectivity index (χ1v) is 7.48. The molecular weight excluding hydrogens is 248 g/mol. The van der Waals surface area contributed by atoms with E-state index in [1.165, 1.54) is 31.1 Å². The number of benzene rings is 1. The number of methoxy groups -OCH3 is 1. The molecule has 0 unspecified atom stereocenters. The summed E-state index contributed by atoms with van der Waals surface area (Å²) in [6.45, 7) is 6.55. The number of ether oxygens (including phenoxy) is 1. The van der Waals surface area contributed by atoms with Gasteiger partial charge in [-0.2, -0.15) is 0 Å². The molecule has 0 aliphatic carbocycles. The summed E-state index contributed by atoms with van der Waals surface area (Å²) < 4.78 is 4.79. The second-order valence-corrected chi connectivity index (χ2v) is 5.39. The number of rotatable bonds is 7. The van der Waals surface area contributed by atoms with Crippen LogP contribution in [-0.2, 0) is 9.53 Å². The van der Waals surface area contributed by atoms with Gasteiger partial charge in [0.05, 0.1) is 7.11 Å². The summed E-state index contributed by atoms with van der Waals surface area (Å²) in [5.74, 6) is 0.175. The normalized spacial score (nSPS) is 11.8. The lowest BCUT2D eigenvalue weighted by Crippen LogP contribution is -2.01. The Hall–Kier alpha value is -1.57. The molecule has 20 heavy (non-hydrogen) atoms. The van der Waals surface area contributed by atoms with Crippen LogP contribution in [0.4, 0.5) is 0 Å². The first-order valence-electron chi connectivity index (χ1n) is 7.48. The number of carbonyl (C=O) groups is 1. The smallest absolute Gasteiger partial charge is 0.330 e. The van der Waals surface area contributed by atoms with E-state index in [0.717, 1.165) is 18.4 Å². The molecular formula is C18H26O2. The van der Waals surface area contributed by atoms with Crippen molar-refractivity contribution in [1.82, 2.24) is 0 Å². The molecule has 0 spiro atoms. The molecule has 0 N–H and O–H groups in total. The molecule has 0 aromatic heterocycles. The average molecular weight is 274 g/mol. The third-order valence-corrected chi connectivity index (χ3v) is 3.47. The van der Waals surface area contributed by atoms with Gasteiger partial charge < -0.3 is 4.74 Å². The van der Waals surface area contributed by atoms with Gasteiger partial charge in [-0.1, -0.05) is 57.9 Å². The molecule has 0 atom stereocenters. The average Bonchev–Trinajstić information content (AvgIpc) is 2.46. The van der Waals surface area contributed by atoms with Crippen LogP contribution in [0, 0.1) is 0 Å². The van der Waals surface area contributed by atoms with Gasteiger partial charge >= 0.3 is 5.97 Å². The lowest BCUT2D eigenvalue weighted by molar-refractivity contribution is -0.134. The maximum absolute atomic E-state index is 11.6. The molecule has 0 aliphatic heterocycles. The molecule has 2 nitrogen and oxygen atoms in total. The van der Waals surface area contributed by atoms with Gasteiger partial charge in [-0.3, -0.25) is 0 Å². The Morgan fingerprint density at radius 3 is 2.55 bits per heavy atom. The van der Waals surface area contributed by atoms with Crippen LogP contribution in [0.5, 0.6) is 0 Å². The van der Waals surface area contributed by atoms with Crippen molar-refractivity contribution in [3.63, 3.8) is 0 Å². The van der Waals surface area contributed by atoms with E-state index >= 15 is 0 Å². The number of esters is 1. The van der Waals surface area contributed by atoms with Gasteiger partial charge in [0.25, 0.3) is 0 Å². The molecule has 0 aliphatic rings. The second kappa shape index (κ2) is 8.57. The predicted molar refractivity (Wildman–Crippen MR) is 84.7 cm³/mol. The first kappa shape index (κ1) is 16.5. The van der Waals surface area contributed by atoms with Gasteiger partial charge in [0.1, 0.15) is 0 Å². The topological polar surface area (TPSA) is 26.3 Å². The number of unbranched alkanes of at least 4 members (excludes halogenated alkanes) is 2. The Kier molecular flexibility index (Phi) is 7.06. The Morgan fingerprint density at radius 2 is 1.95 bits per heavy atom. The number of hydrogen-bond acceptors (Lipinski definition) is 2. The number of hydrogen-bond donors (Lipinski definition) is 0. The van der Waals surface area contributed by atoms with Crippen molar-refractivity contribution >= 4 is 11.5 Å². The summed E-state index contributed by atoms with van der Waals surface area (Å²) in [6.07, 6.45) is 6.04. The molecule has 0 amide bonds. The fourth-order valence-electron chi connectivity index (χ4n) is 2.34. The van der Waals surface area contributed by atoms with Crippen molar-refractivity contribution in [2.45, 2.75) is 52.4 Å². The van der Waals surface area contributed by atoms with Gasteiger partial charge in [0.15, 0.2) is 0 Å². The number of allylic oxidation sites excluding steroid dienone is 1. The summed E-state index contributed by atoms with van der Waals surface area (Å²) in [6, 6.07) is 8.34. The highest BCUT2D eigenvalue weighted by Crippen LogP contribution is 2.29. The van der Waals surface area contributed by atoms with Crippen LogP contribution in [0.3, 0.4) is 0 Å². The third kappa shape index (κ3) is 4.84. The summed E-state index contributed by atoms with van der Waals surface area (Å²) in [7, 11) is 1.43. The van der Waals surface area contributed by atoms with Gasteiger partial charge in [0.2, 0.25) is 0 Å². The summed E-state index contributed by atoms with van der Waals surface area (Å²) in [4.78, 5) is 11.6. The maximum atomic E-state index is 11.6. The van der Waals surface area contributed by atoms with Crippen molar-refractivity contribution in [3.8, 4) is 0 Å². The maximum Gasteiger partial charge on any atom is 0.330 e. The molecule has 0 fully saturated rings. The fourth-order valence-corrected chi connectivity index (χ4v) is 2.34. The highest BCUT2D eigenvalue weighted by molar-refractivity contribution is 5.91. The van der Waals surface area contributed by atoms with E-state index in [0.29, 0.717) is 5.92 Å². The van der Waals surface area contributed by atoms with Crippen LogP contribution in [0.25, 0.3) is 5.57 Å². The molecule has 0 radical (unpaired) electrons. The van der Waals surface area contributed by atoms with Gasteiger partial charge in [0, 0.05) is 6.08 Å². The van der Waals surface area contributed by atoms with E-state index in [2.05, 4.69) is 39.0 Å². The van der Waals surface area contributed by atoms with Crippen LogP contribution in [0.15, 0.2) is 30.3 Å². The monoisotopic (exact) mass is 274 g/mol. The largest absolute Gasteiger partial charge is 0.466 e. The minimum Gasteiger partial charge on any atom is -0.466 e. The SMILES string of the molecule is CCCCC/C(=C\C(=O)OC)c1ccccc1C(C)C. The molecule has 0 bridgehead atoms. The van der Waals surface area contributed by atoms with Crippen LogP contribution in [-0.4, -0.2) is 13.1 Å². The highest BCUT2D eigenvalue weighted by atomic mass is 16.5. The van der Waals surface area contributed by atoms with E-state index < -0.39 is 0 Å². The molecule has 1 rings (SSSR count). The van der Waals surface area contributed by atoms with Crippen molar-refractivity contribution in [3.05, 3.63) is 41.5 Å². The van der Waals surface area contributed by atoms with Crippen molar-refractivity contribution in [2.75, 3.05) is 7.11 Å². The van der Waals surface area contributed by atoms with E-state index in [1.54, 1.807) is 6.08 Å². The first-order chi connectivity index (χ1) is 9.60. The Morgan fingerprint density at radius 1 is 1.25 bits per heavy atom. The summed E-state index contributed by atoms with van der Waals surface area (Å²) in [5.41, 5.74) is 3.57. The fraction of sp³-hybridized carbons (Fsp3) is 0.500. The lowest BCUT2D eigenvalue weighted by atomic mass is 9.90. The molecule has 110 valence electrons. The lowest BCUT2D eigenvalue weighted by Gasteiger charge is -2.15. The molecule has 0 saturated heterocycles. The van der Waals surface area contributed by atoms with E-state index in [1.807, 2.05) is 6.07 Å². The van der Waals surface area contributed by atoms with E-state index in [9.17, 15) is 4.79 Å². The number of carbonyl (C=O) groups excluding carboxylic acids is 1. The van der Waals surface area contributed by atoms with Gasteiger partial charge in [-0.15, -0.1) is 0 Å². The zero-order chi connectivity index (χ0) is 15.0. The Bertz CT molecular complexity index is 458. The predicted octanol–water partition coefficient (Wildman–Crippen LogP) is 4.95. The van der Waals surface area contributed by atoms with Gasteiger partial charge in [-0.05, 0) is 35.5 Å². The van der Waals surface area contributed by atoms with E-state index in [4.69, 9.17) is 4.74 Å².